The summed E-state index contributed by atoms with van der Waals surface area (Å²) in [6.07, 6.45) is 0. The van der Waals surface area contributed by atoms with Crippen LogP contribution in [0.5, 0.6) is 0 Å². The third-order valence-corrected chi connectivity index (χ3v) is 1.55. The molecule has 0 radical (unpaired) electrons. The van der Waals surface area contributed by atoms with E-state index in [9.17, 15) is 4.79 Å². The van der Waals surface area contributed by atoms with Gasteiger partial charge in [-0.2, -0.15) is 0 Å². The summed E-state index contributed by atoms with van der Waals surface area (Å²) in [7, 11) is 0. The van der Waals surface area contributed by atoms with Crippen molar-refractivity contribution in [3.8, 4) is 0 Å². The summed E-state index contributed by atoms with van der Waals surface area (Å²) in [6.45, 7) is 0. The van der Waals surface area contributed by atoms with Gasteiger partial charge in [0.2, 0.25) is 0 Å². The minimum atomic E-state index is -0.514. The zero-order valence-electron chi connectivity index (χ0n) is 6.78. The topological polar surface area (TPSA) is 81.1 Å². The molecule has 1 aromatic rings. The molecule has 1 aromatic carbocycles. The van der Waals surface area contributed by atoms with Crippen molar-refractivity contribution < 1.29 is 4.79 Å². The summed E-state index contributed by atoms with van der Waals surface area (Å²) in [5.74, 6) is -0.514. The van der Waals surface area contributed by atoms with Crippen LogP contribution >= 0.6 is 12.2 Å². The monoisotopic (exact) mass is 195 g/mol. The smallest absolute Gasteiger partial charge is 0.250 e. The van der Waals surface area contributed by atoms with Crippen molar-refractivity contribution in [1.29, 1.82) is 0 Å². The molecule has 0 spiro atoms. The van der Waals surface area contributed by atoms with Gasteiger partial charge in [0, 0.05) is 0 Å². The van der Waals surface area contributed by atoms with E-state index >= 15 is 0 Å². The number of thiocarbonyl (C=S) groups is 1. The van der Waals surface area contributed by atoms with Crippen LogP contribution in [-0.2, 0) is 0 Å². The average Bonchev–Trinajstić information content (AvgIpc) is 2.03. The van der Waals surface area contributed by atoms with Gasteiger partial charge in [0.05, 0.1) is 11.3 Å². The molecular weight excluding hydrogens is 186 g/mol. The fourth-order valence-corrected chi connectivity index (χ4v) is 1.05. The summed E-state index contributed by atoms with van der Waals surface area (Å²) >= 11 is 4.64. The van der Waals surface area contributed by atoms with E-state index in [1.54, 1.807) is 24.3 Å². The van der Waals surface area contributed by atoms with Crippen molar-refractivity contribution in [2.24, 2.45) is 11.5 Å². The van der Waals surface area contributed by atoms with Crippen molar-refractivity contribution in [1.82, 2.24) is 0 Å². The Morgan fingerprint density at radius 2 is 1.92 bits per heavy atom. The standard InChI is InChI=1S/C8H9N3OS/c9-7(12)5-3-1-2-4-6(5)11-8(10)13/h1-4H,(H2,9,12)(H3,10,11,13). The minimum Gasteiger partial charge on any atom is -0.376 e. The Morgan fingerprint density at radius 3 is 2.46 bits per heavy atom. The van der Waals surface area contributed by atoms with Crippen LogP contribution in [0.3, 0.4) is 0 Å². The molecule has 0 aromatic heterocycles. The summed E-state index contributed by atoms with van der Waals surface area (Å²) < 4.78 is 0. The molecule has 4 nitrogen and oxygen atoms in total. The van der Waals surface area contributed by atoms with Crippen molar-refractivity contribution in [3.05, 3.63) is 29.8 Å². The maximum Gasteiger partial charge on any atom is 0.250 e. The van der Waals surface area contributed by atoms with Crippen LogP contribution in [0, 0.1) is 0 Å². The van der Waals surface area contributed by atoms with Crippen LogP contribution in [0.2, 0.25) is 0 Å². The molecule has 0 aliphatic heterocycles. The molecule has 0 aliphatic carbocycles. The number of carbonyl (C=O) groups is 1. The molecular formula is C8H9N3OS. The van der Waals surface area contributed by atoms with Gasteiger partial charge in [-0.3, -0.25) is 4.79 Å². The second kappa shape index (κ2) is 3.86. The summed E-state index contributed by atoms with van der Waals surface area (Å²) in [6, 6.07) is 6.75. The Morgan fingerprint density at radius 1 is 1.31 bits per heavy atom. The van der Waals surface area contributed by atoms with Gasteiger partial charge in [0.25, 0.3) is 5.91 Å². The number of hydrogen-bond acceptors (Lipinski definition) is 2. The highest BCUT2D eigenvalue weighted by atomic mass is 32.1. The molecule has 0 bridgehead atoms. The highest BCUT2D eigenvalue weighted by molar-refractivity contribution is 7.80. The molecule has 0 unspecified atom stereocenters. The van der Waals surface area contributed by atoms with Crippen LogP contribution in [0.1, 0.15) is 10.4 Å². The van der Waals surface area contributed by atoms with Crippen molar-refractivity contribution in [2.75, 3.05) is 5.32 Å². The second-order valence-electron chi connectivity index (χ2n) is 2.40. The molecule has 0 saturated heterocycles. The van der Waals surface area contributed by atoms with Crippen molar-refractivity contribution >= 4 is 28.9 Å². The third kappa shape index (κ3) is 2.41. The predicted molar refractivity (Wildman–Crippen MR) is 55.4 cm³/mol. The van der Waals surface area contributed by atoms with Crippen molar-refractivity contribution in [3.63, 3.8) is 0 Å². The number of anilines is 1. The Kier molecular flexibility index (Phi) is 2.81. The van der Waals surface area contributed by atoms with Gasteiger partial charge in [-0.05, 0) is 24.4 Å². The number of carbonyl (C=O) groups excluding carboxylic acids is 1. The van der Waals surface area contributed by atoms with E-state index in [-0.39, 0.29) is 5.11 Å². The second-order valence-corrected chi connectivity index (χ2v) is 2.84. The van der Waals surface area contributed by atoms with E-state index in [1.807, 2.05) is 0 Å². The Balaban J connectivity index is 3.04. The van der Waals surface area contributed by atoms with Crippen LogP contribution in [-0.4, -0.2) is 11.0 Å². The van der Waals surface area contributed by atoms with E-state index in [4.69, 9.17) is 11.5 Å². The quantitative estimate of drug-likeness (QED) is 0.598. The Labute approximate surface area is 80.9 Å². The van der Waals surface area contributed by atoms with Crippen LogP contribution in [0.4, 0.5) is 5.69 Å². The largest absolute Gasteiger partial charge is 0.376 e. The van der Waals surface area contributed by atoms with Crippen molar-refractivity contribution in [2.45, 2.75) is 0 Å². The van der Waals surface area contributed by atoms with Crippen LogP contribution in [0.15, 0.2) is 24.3 Å². The van der Waals surface area contributed by atoms with Gasteiger partial charge in [-0.25, -0.2) is 0 Å². The number of nitrogens with one attached hydrogen (secondary N) is 1. The van der Waals surface area contributed by atoms with Crippen LogP contribution in [0.25, 0.3) is 0 Å². The van der Waals surface area contributed by atoms with Gasteiger partial charge >= 0.3 is 0 Å². The maximum atomic E-state index is 10.9. The number of nitrogens with two attached hydrogens (primary N) is 2. The molecule has 1 rings (SSSR count). The summed E-state index contributed by atoms with van der Waals surface area (Å²) in [5, 5.41) is 2.77. The highest BCUT2D eigenvalue weighted by Crippen LogP contribution is 2.13. The first-order valence-electron chi connectivity index (χ1n) is 3.56. The molecule has 0 saturated carbocycles. The zero-order chi connectivity index (χ0) is 9.84. The maximum absolute atomic E-state index is 10.9. The predicted octanol–water partition coefficient (Wildman–Crippen LogP) is 0.441. The number of para-hydroxylation sites is 1. The van der Waals surface area contributed by atoms with Gasteiger partial charge in [-0.1, -0.05) is 12.1 Å². The highest BCUT2D eigenvalue weighted by Gasteiger charge is 2.06. The fourth-order valence-electron chi connectivity index (χ4n) is 0.940. The molecule has 1 amide bonds. The SMILES string of the molecule is NC(=O)c1ccccc1NC(N)=S. The normalized spacial score (nSPS) is 9.23. The molecule has 0 aliphatic rings. The molecule has 0 fully saturated rings. The number of rotatable bonds is 2. The summed E-state index contributed by atoms with van der Waals surface area (Å²) in [4.78, 5) is 10.9. The first kappa shape index (κ1) is 9.47. The van der Waals surface area contributed by atoms with Crippen LogP contribution < -0.4 is 16.8 Å². The van der Waals surface area contributed by atoms with E-state index in [0.29, 0.717) is 11.3 Å². The zero-order valence-corrected chi connectivity index (χ0v) is 7.60. The lowest BCUT2D eigenvalue weighted by Gasteiger charge is -2.06. The molecule has 5 heteroatoms. The lowest BCUT2D eigenvalue weighted by atomic mass is 10.1. The van der Waals surface area contributed by atoms with E-state index in [2.05, 4.69) is 17.5 Å². The summed E-state index contributed by atoms with van der Waals surface area (Å²) in [5.41, 5.74) is 11.3. The first-order valence-corrected chi connectivity index (χ1v) is 3.97. The number of primary amides is 1. The number of amides is 1. The molecule has 0 heterocycles. The lowest BCUT2D eigenvalue weighted by molar-refractivity contribution is 0.100. The third-order valence-electron chi connectivity index (χ3n) is 1.45. The minimum absolute atomic E-state index is 0.105. The molecule has 13 heavy (non-hydrogen) atoms. The number of hydrogen-bond donors (Lipinski definition) is 3. The van der Waals surface area contributed by atoms with Gasteiger partial charge < -0.3 is 16.8 Å². The molecule has 5 N–H and O–H groups in total. The van der Waals surface area contributed by atoms with Gasteiger partial charge in [0.1, 0.15) is 0 Å². The van der Waals surface area contributed by atoms with E-state index in [0.717, 1.165) is 0 Å². The molecule has 68 valence electrons. The fraction of sp³-hybridized carbons (Fsp3) is 0. The molecule has 0 atom stereocenters. The Hall–Kier alpha value is -1.62. The average molecular weight is 195 g/mol. The van der Waals surface area contributed by atoms with E-state index < -0.39 is 5.91 Å². The lowest BCUT2D eigenvalue weighted by Crippen LogP contribution is -2.22. The Bertz CT molecular complexity index is 351. The van der Waals surface area contributed by atoms with Gasteiger partial charge in [-0.15, -0.1) is 0 Å². The number of benzene rings is 1. The van der Waals surface area contributed by atoms with Gasteiger partial charge in [0.15, 0.2) is 5.11 Å². The first-order chi connectivity index (χ1) is 6.11. The van der Waals surface area contributed by atoms with E-state index in [1.165, 1.54) is 0 Å².